The van der Waals surface area contributed by atoms with Crippen LogP contribution in [0.5, 0.6) is 0 Å². The summed E-state index contributed by atoms with van der Waals surface area (Å²) in [5, 5.41) is 15.9. The molecule has 0 saturated carbocycles. The highest BCUT2D eigenvalue weighted by Gasteiger charge is 2.16. The molecule has 0 saturated heterocycles. The highest BCUT2D eigenvalue weighted by molar-refractivity contribution is 9.10. The predicted molar refractivity (Wildman–Crippen MR) is 74.8 cm³/mol. The first-order chi connectivity index (χ1) is 9.02. The summed E-state index contributed by atoms with van der Waals surface area (Å²) in [5.74, 6) is 0.130. The number of carbonyl (C=O) groups excluding carboxylic acids is 1. The minimum Gasteiger partial charge on any atom is -0.306 e. The lowest BCUT2D eigenvalue weighted by atomic mass is 10.2. The number of nitrogens with one attached hydrogen (secondary N) is 1. The van der Waals surface area contributed by atoms with Crippen molar-refractivity contribution in [3.05, 3.63) is 45.6 Å². The number of aromatic nitrogens is 2. The third kappa shape index (κ3) is 2.66. The van der Waals surface area contributed by atoms with Gasteiger partial charge in [0.1, 0.15) is 17.5 Å². The number of anilines is 1. The van der Waals surface area contributed by atoms with E-state index in [0.717, 1.165) is 4.47 Å². The summed E-state index contributed by atoms with van der Waals surface area (Å²) < 4.78 is 2.31. The number of halogens is 1. The maximum absolute atomic E-state index is 12.1. The first kappa shape index (κ1) is 13.3. The quantitative estimate of drug-likeness (QED) is 0.925. The van der Waals surface area contributed by atoms with Gasteiger partial charge in [-0.25, -0.2) is 0 Å². The minimum atomic E-state index is -0.277. The summed E-state index contributed by atoms with van der Waals surface area (Å²) in [6.45, 7) is 1.73. The average Bonchev–Trinajstić information content (AvgIpc) is 2.63. The van der Waals surface area contributed by atoms with Crippen LogP contribution in [0, 0.1) is 18.3 Å². The van der Waals surface area contributed by atoms with Crippen LogP contribution in [0.2, 0.25) is 0 Å². The second-order valence-corrected chi connectivity index (χ2v) is 4.92. The molecule has 1 aromatic heterocycles. The number of rotatable bonds is 2. The molecular weight excluding hydrogens is 308 g/mol. The van der Waals surface area contributed by atoms with E-state index < -0.39 is 0 Å². The molecule has 1 heterocycles. The first-order valence-electron chi connectivity index (χ1n) is 5.53. The van der Waals surface area contributed by atoms with E-state index in [-0.39, 0.29) is 5.91 Å². The Labute approximate surface area is 119 Å². The Bertz CT molecular complexity index is 684. The van der Waals surface area contributed by atoms with Gasteiger partial charge in [0.15, 0.2) is 0 Å². The van der Waals surface area contributed by atoms with Crippen molar-refractivity contribution in [2.45, 2.75) is 6.92 Å². The molecule has 0 aliphatic rings. The molecule has 0 radical (unpaired) electrons. The van der Waals surface area contributed by atoms with Crippen molar-refractivity contribution in [3.8, 4) is 6.07 Å². The number of nitriles is 1. The molecule has 0 fully saturated rings. The smallest absolute Gasteiger partial charge is 0.256 e. The summed E-state index contributed by atoms with van der Waals surface area (Å²) in [7, 11) is 1.68. The Balaban J connectivity index is 2.32. The summed E-state index contributed by atoms with van der Waals surface area (Å²) in [5.41, 5.74) is 1.48. The van der Waals surface area contributed by atoms with Gasteiger partial charge in [0.2, 0.25) is 0 Å². The molecule has 0 spiro atoms. The van der Waals surface area contributed by atoms with Gasteiger partial charge in [0.25, 0.3) is 5.91 Å². The number of aryl methyl sites for hydroxylation is 2. The maximum Gasteiger partial charge on any atom is 0.256 e. The maximum atomic E-state index is 12.1. The molecule has 0 bridgehead atoms. The summed E-state index contributed by atoms with van der Waals surface area (Å²) >= 11 is 3.31. The molecular formula is C13H11BrN4O. The van der Waals surface area contributed by atoms with Crippen LogP contribution >= 0.6 is 15.9 Å². The van der Waals surface area contributed by atoms with E-state index >= 15 is 0 Å². The predicted octanol–water partition coefficient (Wildman–Crippen LogP) is 2.62. The van der Waals surface area contributed by atoms with Crippen molar-refractivity contribution in [1.29, 1.82) is 5.26 Å². The van der Waals surface area contributed by atoms with Crippen molar-refractivity contribution in [2.75, 3.05) is 5.32 Å². The zero-order chi connectivity index (χ0) is 14.0. The van der Waals surface area contributed by atoms with Gasteiger partial charge in [0, 0.05) is 17.1 Å². The molecule has 1 aromatic carbocycles. The number of carbonyl (C=O) groups is 1. The van der Waals surface area contributed by atoms with E-state index in [0.29, 0.717) is 22.6 Å². The Kier molecular flexibility index (Phi) is 3.67. The topological polar surface area (TPSA) is 70.7 Å². The molecule has 0 aliphatic carbocycles. The third-order valence-corrected chi connectivity index (χ3v) is 3.15. The lowest BCUT2D eigenvalue weighted by molar-refractivity contribution is 0.102. The molecule has 0 aliphatic heterocycles. The highest BCUT2D eigenvalue weighted by Crippen LogP contribution is 2.19. The van der Waals surface area contributed by atoms with Gasteiger partial charge >= 0.3 is 0 Å². The Morgan fingerprint density at radius 2 is 2.26 bits per heavy atom. The van der Waals surface area contributed by atoms with Gasteiger partial charge in [-0.15, -0.1) is 0 Å². The number of amides is 1. The van der Waals surface area contributed by atoms with E-state index in [2.05, 4.69) is 26.3 Å². The van der Waals surface area contributed by atoms with Gasteiger partial charge in [-0.2, -0.15) is 10.4 Å². The van der Waals surface area contributed by atoms with E-state index in [4.69, 9.17) is 5.26 Å². The molecule has 1 N–H and O–H groups in total. The number of nitrogens with zero attached hydrogens (tertiary/aromatic N) is 3. The first-order valence-corrected chi connectivity index (χ1v) is 6.33. The van der Waals surface area contributed by atoms with Gasteiger partial charge in [-0.05, 0) is 25.1 Å². The second kappa shape index (κ2) is 5.24. The van der Waals surface area contributed by atoms with Gasteiger partial charge in [0.05, 0.1) is 5.69 Å². The van der Waals surface area contributed by atoms with Crippen LogP contribution in [-0.2, 0) is 7.05 Å². The molecule has 1 amide bonds. The van der Waals surface area contributed by atoms with Crippen LogP contribution in [0.1, 0.15) is 21.6 Å². The monoisotopic (exact) mass is 318 g/mol. The van der Waals surface area contributed by atoms with Crippen LogP contribution < -0.4 is 5.32 Å². The lowest BCUT2D eigenvalue weighted by Gasteiger charge is -2.06. The third-order valence-electron chi connectivity index (χ3n) is 2.65. The normalized spacial score (nSPS) is 10.0. The number of hydrogen-bond donors (Lipinski definition) is 1. The summed E-state index contributed by atoms with van der Waals surface area (Å²) in [6, 6.07) is 9.08. The standard InChI is InChI=1S/C13H11BrN4O/c1-8-11(7-15)12(18(2)17-8)16-13(19)9-4-3-5-10(14)6-9/h3-6H,1-2H3,(H,16,19). The molecule has 2 aromatic rings. The number of hydrogen-bond acceptors (Lipinski definition) is 3. The van der Waals surface area contributed by atoms with Crippen molar-refractivity contribution < 1.29 is 4.79 Å². The zero-order valence-corrected chi connectivity index (χ0v) is 12.0. The summed E-state index contributed by atoms with van der Waals surface area (Å²) in [4.78, 5) is 12.1. The van der Waals surface area contributed by atoms with Crippen LogP contribution in [0.25, 0.3) is 0 Å². The van der Waals surface area contributed by atoms with E-state index in [1.54, 1.807) is 32.2 Å². The number of benzene rings is 1. The van der Waals surface area contributed by atoms with E-state index in [1.165, 1.54) is 4.68 Å². The van der Waals surface area contributed by atoms with E-state index in [9.17, 15) is 4.79 Å². The second-order valence-electron chi connectivity index (χ2n) is 4.01. The zero-order valence-electron chi connectivity index (χ0n) is 10.4. The highest BCUT2D eigenvalue weighted by atomic mass is 79.9. The molecule has 0 atom stereocenters. The van der Waals surface area contributed by atoms with Crippen LogP contribution in [0.3, 0.4) is 0 Å². The SMILES string of the molecule is Cc1nn(C)c(NC(=O)c2cccc(Br)c2)c1C#N. The molecule has 96 valence electrons. The van der Waals surface area contributed by atoms with Crippen LogP contribution in [-0.4, -0.2) is 15.7 Å². The molecule has 5 nitrogen and oxygen atoms in total. The minimum absolute atomic E-state index is 0.277. The fraction of sp³-hybridized carbons (Fsp3) is 0.154. The van der Waals surface area contributed by atoms with Crippen molar-refractivity contribution in [1.82, 2.24) is 9.78 Å². The lowest BCUT2D eigenvalue weighted by Crippen LogP contribution is -2.15. The van der Waals surface area contributed by atoms with Crippen LogP contribution in [0.4, 0.5) is 5.82 Å². The molecule has 2 rings (SSSR count). The fourth-order valence-electron chi connectivity index (χ4n) is 1.74. The Morgan fingerprint density at radius 1 is 1.53 bits per heavy atom. The van der Waals surface area contributed by atoms with Crippen molar-refractivity contribution in [2.24, 2.45) is 7.05 Å². The molecule has 0 unspecified atom stereocenters. The van der Waals surface area contributed by atoms with Crippen LogP contribution in [0.15, 0.2) is 28.7 Å². The molecule has 6 heteroatoms. The Hall–Kier alpha value is -2.13. The van der Waals surface area contributed by atoms with Gasteiger partial charge in [-0.3, -0.25) is 9.48 Å². The van der Waals surface area contributed by atoms with Crippen molar-refractivity contribution in [3.63, 3.8) is 0 Å². The molecule has 19 heavy (non-hydrogen) atoms. The average molecular weight is 319 g/mol. The van der Waals surface area contributed by atoms with Gasteiger partial charge < -0.3 is 5.32 Å². The van der Waals surface area contributed by atoms with Gasteiger partial charge in [-0.1, -0.05) is 22.0 Å². The fourth-order valence-corrected chi connectivity index (χ4v) is 2.14. The summed E-state index contributed by atoms with van der Waals surface area (Å²) in [6.07, 6.45) is 0. The Morgan fingerprint density at radius 3 is 2.89 bits per heavy atom. The largest absolute Gasteiger partial charge is 0.306 e. The van der Waals surface area contributed by atoms with Crippen molar-refractivity contribution >= 4 is 27.7 Å². The van der Waals surface area contributed by atoms with E-state index in [1.807, 2.05) is 12.1 Å².